The molecule has 27 heavy (non-hydrogen) atoms. The lowest BCUT2D eigenvalue weighted by Crippen LogP contribution is -2.15. The summed E-state index contributed by atoms with van der Waals surface area (Å²) in [5.74, 6) is -1.22. The normalized spacial score (nSPS) is 11.1. The first-order valence-corrected chi connectivity index (χ1v) is 8.23. The average Bonchev–Trinajstić information content (AvgIpc) is 3.03. The van der Waals surface area contributed by atoms with Crippen LogP contribution in [0.25, 0.3) is 21.8 Å². The summed E-state index contributed by atoms with van der Waals surface area (Å²) in [6, 6.07) is 10.9. The second-order valence-corrected chi connectivity index (χ2v) is 6.09. The molecule has 0 bridgehead atoms. The number of aromatic nitrogens is 2. The molecule has 0 aliphatic rings. The molecule has 2 heterocycles. The summed E-state index contributed by atoms with van der Waals surface area (Å²) in [5.41, 5.74) is 1.91. The number of H-pyrrole nitrogens is 1. The maximum absolute atomic E-state index is 13.3. The third-order valence-electron chi connectivity index (χ3n) is 4.33. The highest BCUT2D eigenvalue weighted by molar-refractivity contribution is 6.12. The Morgan fingerprint density at radius 3 is 2.74 bits per heavy atom. The van der Waals surface area contributed by atoms with Crippen molar-refractivity contribution in [3.8, 4) is 5.75 Å². The number of nitrogens with one attached hydrogen (secondary N) is 2. The standard InChI is InChI=1S/C20H15F2N3O2/c1-27-12-3-4-13-14-6-7-23-20(19(14)24-17(13)10-12)25-18(26)9-11-2-5-15(21)16(22)8-11/h2-8,10,24H,9H2,1H3,(H,23,25,26). The molecule has 4 rings (SSSR count). The molecular weight excluding hydrogens is 352 g/mol. The number of hydrogen-bond acceptors (Lipinski definition) is 3. The van der Waals surface area contributed by atoms with Crippen molar-refractivity contribution < 1.29 is 18.3 Å². The number of halogens is 2. The predicted molar refractivity (Wildman–Crippen MR) is 98.8 cm³/mol. The minimum Gasteiger partial charge on any atom is -0.497 e. The Hall–Kier alpha value is -3.48. The van der Waals surface area contributed by atoms with E-state index in [1.54, 1.807) is 13.3 Å². The van der Waals surface area contributed by atoms with Crippen LogP contribution >= 0.6 is 0 Å². The topological polar surface area (TPSA) is 67.0 Å². The molecular formula is C20H15F2N3O2. The first-order valence-electron chi connectivity index (χ1n) is 8.23. The number of carbonyl (C=O) groups is 1. The van der Waals surface area contributed by atoms with Gasteiger partial charge in [-0.3, -0.25) is 4.79 Å². The number of nitrogens with zero attached hydrogens (tertiary/aromatic N) is 1. The second-order valence-electron chi connectivity index (χ2n) is 6.09. The number of pyridine rings is 1. The number of fused-ring (bicyclic) bond motifs is 3. The van der Waals surface area contributed by atoms with Crippen LogP contribution in [-0.4, -0.2) is 23.0 Å². The van der Waals surface area contributed by atoms with Crippen LogP contribution < -0.4 is 10.1 Å². The Morgan fingerprint density at radius 1 is 1.11 bits per heavy atom. The van der Waals surface area contributed by atoms with Gasteiger partial charge in [0.05, 0.1) is 24.6 Å². The van der Waals surface area contributed by atoms with Gasteiger partial charge in [-0.05, 0) is 35.9 Å². The highest BCUT2D eigenvalue weighted by Gasteiger charge is 2.13. The van der Waals surface area contributed by atoms with Crippen molar-refractivity contribution in [1.29, 1.82) is 0 Å². The molecule has 0 aliphatic carbocycles. The quantitative estimate of drug-likeness (QED) is 0.569. The highest BCUT2D eigenvalue weighted by Crippen LogP contribution is 2.31. The number of anilines is 1. The second kappa shape index (κ2) is 6.68. The average molecular weight is 367 g/mol. The van der Waals surface area contributed by atoms with E-state index in [0.717, 1.165) is 28.4 Å². The zero-order valence-electron chi connectivity index (χ0n) is 14.3. The summed E-state index contributed by atoms with van der Waals surface area (Å²) in [6.07, 6.45) is 1.51. The summed E-state index contributed by atoms with van der Waals surface area (Å²) in [5, 5.41) is 4.61. The molecule has 2 aromatic carbocycles. The fourth-order valence-electron chi connectivity index (χ4n) is 3.04. The molecule has 5 nitrogen and oxygen atoms in total. The van der Waals surface area contributed by atoms with Gasteiger partial charge in [-0.1, -0.05) is 6.07 Å². The fourth-order valence-corrected chi connectivity index (χ4v) is 3.04. The molecule has 7 heteroatoms. The molecule has 0 aliphatic heterocycles. The zero-order chi connectivity index (χ0) is 19.0. The van der Waals surface area contributed by atoms with E-state index in [4.69, 9.17) is 4.74 Å². The van der Waals surface area contributed by atoms with Gasteiger partial charge in [0.2, 0.25) is 5.91 Å². The van der Waals surface area contributed by atoms with Gasteiger partial charge < -0.3 is 15.0 Å². The van der Waals surface area contributed by atoms with E-state index in [9.17, 15) is 13.6 Å². The summed E-state index contributed by atoms with van der Waals surface area (Å²) in [7, 11) is 1.59. The van der Waals surface area contributed by atoms with Crippen LogP contribution in [0.2, 0.25) is 0 Å². The first kappa shape index (κ1) is 17.0. The van der Waals surface area contributed by atoms with E-state index in [1.165, 1.54) is 6.07 Å². The molecule has 0 radical (unpaired) electrons. The van der Waals surface area contributed by atoms with Crippen molar-refractivity contribution in [1.82, 2.24) is 9.97 Å². The summed E-state index contributed by atoms with van der Waals surface area (Å²) in [4.78, 5) is 19.8. The number of carbonyl (C=O) groups excluding carboxylic acids is 1. The van der Waals surface area contributed by atoms with Crippen molar-refractivity contribution in [2.24, 2.45) is 0 Å². The van der Waals surface area contributed by atoms with Crippen molar-refractivity contribution >= 4 is 33.5 Å². The number of rotatable bonds is 4. The Bertz CT molecular complexity index is 1170. The third kappa shape index (κ3) is 3.19. The Morgan fingerprint density at radius 2 is 1.96 bits per heavy atom. The smallest absolute Gasteiger partial charge is 0.230 e. The van der Waals surface area contributed by atoms with Gasteiger partial charge in [-0.25, -0.2) is 13.8 Å². The minimum absolute atomic E-state index is 0.0939. The number of hydrogen-bond donors (Lipinski definition) is 2. The highest BCUT2D eigenvalue weighted by atomic mass is 19.2. The molecule has 0 unspecified atom stereocenters. The Kier molecular flexibility index (Phi) is 4.19. The van der Waals surface area contributed by atoms with E-state index in [0.29, 0.717) is 22.6 Å². The number of amides is 1. The molecule has 0 fully saturated rings. The zero-order valence-corrected chi connectivity index (χ0v) is 14.3. The van der Waals surface area contributed by atoms with E-state index in [-0.39, 0.29) is 12.3 Å². The molecule has 0 saturated carbocycles. The number of methoxy groups -OCH3 is 1. The molecule has 0 saturated heterocycles. The van der Waals surface area contributed by atoms with Crippen molar-refractivity contribution in [3.05, 3.63) is 65.9 Å². The van der Waals surface area contributed by atoms with Crippen molar-refractivity contribution in [2.75, 3.05) is 12.4 Å². The molecule has 2 N–H and O–H groups in total. The summed E-state index contributed by atoms with van der Waals surface area (Å²) < 4.78 is 31.6. The monoisotopic (exact) mass is 367 g/mol. The Labute approximate surface area is 153 Å². The van der Waals surface area contributed by atoms with Gasteiger partial charge in [0.15, 0.2) is 17.5 Å². The van der Waals surface area contributed by atoms with Crippen LogP contribution in [0.1, 0.15) is 5.56 Å². The maximum atomic E-state index is 13.3. The van der Waals surface area contributed by atoms with Crippen molar-refractivity contribution in [3.63, 3.8) is 0 Å². The van der Waals surface area contributed by atoms with Crippen LogP contribution in [0.4, 0.5) is 14.6 Å². The van der Waals surface area contributed by atoms with Gasteiger partial charge >= 0.3 is 0 Å². The molecule has 1 amide bonds. The lowest BCUT2D eigenvalue weighted by atomic mass is 10.1. The molecule has 0 atom stereocenters. The summed E-state index contributed by atoms with van der Waals surface area (Å²) in [6.45, 7) is 0. The molecule has 0 spiro atoms. The van der Waals surface area contributed by atoms with Crippen LogP contribution in [-0.2, 0) is 11.2 Å². The number of ether oxygens (including phenoxy) is 1. The van der Waals surface area contributed by atoms with Crippen LogP contribution in [0, 0.1) is 11.6 Å². The van der Waals surface area contributed by atoms with Crippen LogP contribution in [0.15, 0.2) is 48.7 Å². The van der Waals surface area contributed by atoms with Crippen LogP contribution in [0.5, 0.6) is 5.75 Å². The fraction of sp³-hybridized carbons (Fsp3) is 0.100. The van der Waals surface area contributed by atoms with E-state index in [2.05, 4.69) is 15.3 Å². The minimum atomic E-state index is -0.981. The maximum Gasteiger partial charge on any atom is 0.230 e. The lowest BCUT2D eigenvalue weighted by Gasteiger charge is -2.06. The van der Waals surface area contributed by atoms with E-state index < -0.39 is 11.6 Å². The van der Waals surface area contributed by atoms with Gasteiger partial charge in [-0.15, -0.1) is 0 Å². The van der Waals surface area contributed by atoms with Gasteiger partial charge in [0, 0.05) is 23.0 Å². The summed E-state index contributed by atoms with van der Waals surface area (Å²) >= 11 is 0. The van der Waals surface area contributed by atoms with E-state index in [1.807, 2.05) is 24.3 Å². The first-order chi connectivity index (χ1) is 13.0. The number of aromatic amines is 1. The molecule has 4 aromatic rings. The van der Waals surface area contributed by atoms with Gasteiger partial charge in [0.1, 0.15) is 5.75 Å². The largest absolute Gasteiger partial charge is 0.497 e. The Balaban J connectivity index is 1.64. The van der Waals surface area contributed by atoms with E-state index >= 15 is 0 Å². The number of benzene rings is 2. The van der Waals surface area contributed by atoms with Crippen LogP contribution in [0.3, 0.4) is 0 Å². The third-order valence-corrected chi connectivity index (χ3v) is 4.33. The van der Waals surface area contributed by atoms with Gasteiger partial charge in [0.25, 0.3) is 0 Å². The SMILES string of the molecule is COc1ccc2c(c1)[nH]c1c(NC(=O)Cc3ccc(F)c(F)c3)nccc12. The molecule has 136 valence electrons. The van der Waals surface area contributed by atoms with Gasteiger partial charge in [-0.2, -0.15) is 0 Å². The predicted octanol–water partition coefficient (Wildman–Crippen LogP) is 4.18. The van der Waals surface area contributed by atoms with Crippen molar-refractivity contribution in [2.45, 2.75) is 6.42 Å². The lowest BCUT2D eigenvalue weighted by molar-refractivity contribution is -0.115. The molecule has 2 aromatic heterocycles.